The van der Waals surface area contributed by atoms with Gasteiger partial charge in [-0.15, -0.1) is 0 Å². The molecule has 0 N–H and O–H groups in total. The smallest absolute Gasteiger partial charge is 0.221 e. The predicted molar refractivity (Wildman–Crippen MR) is 49.5 cm³/mol. The van der Waals surface area contributed by atoms with E-state index in [9.17, 15) is 0 Å². The predicted octanol–water partition coefficient (Wildman–Crippen LogP) is 2.12. The fourth-order valence-corrected chi connectivity index (χ4v) is 1.27. The Labute approximate surface area is 71.2 Å². The van der Waals surface area contributed by atoms with Gasteiger partial charge in [0.25, 0.3) is 0 Å². The Balaban J connectivity index is 2.56. The van der Waals surface area contributed by atoms with Crippen molar-refractivity contribution in [2.45, 2.75) is 0 Å². The van der Waals surface area contributed by atoms with Gasteiger partial charge in [0.1, 0.15) is 5.75 Å². The van der Waals surface area contributed by atoms with Gasteiger partial charge >= 0.3 is 0 Å². The van der Waals surface area contributed by atoms with Crippen LogP contribution >= 0.6 is 0 Å². The molecule has 0 aliphatic carbocycles. The summed E-state index contributed by atoms with van der Waals surface area (Å²) in [5.74, 6) is 1.47. The Morgan fingerprint density at radius 2 is 2.08 bits per heavy atom. The van der Waals surface area contributed by atoms with Gasteiger partial charge in [-0.2, -0.15) is 0 Å². The molecule has 1 aromatic rings. The summed E-state index contributed by atoms with van der Waals surface area (Å²) in [5.41, 5.74) is 1.91. The molecule has 2 rings (SSSR count). The maximum Gasteiger partial charge on any atom is 0.221 e. The zero-order valence-corrected chi connectivity index (χ0v) is 6.87. The largest absolute Gasteiger partial charge is 0.438 e. The molecule has 0 unspecified atom stereocenters. The van der Waals surface area contributed by atoms with E-state index < -0.39 is 0 Å². The van der Waals surface area contributed by atoms with Gasteiger partial charge in [-0.05, 0) is 6.07 Å². The lowest BCUT2D eigenvalue weighted by Gasteiger charge is -1.94. The second-order valence-electron chi connectivity index (χ2n) is 2.61. The van der Waals surface area contributed by atoms with Crippen molar-refractivity contribution in [3.05, 3.63) is 36.4 Å². The Hall–Kier alpha value is -1.57. The van der Waals surface area contributed by atoms with Gasteiger partial charge in [-0.3, -0.25) is 4.99 Å². The summed E-state index contributed by atoms with van der Waals surface area (Å²) < 4.78 is 5.42. The number of benzene rings is 1. The Bertz CT molecular complexity index is 366. The normalized spacial score (nSPS) is 17.8. The molecule has 1 heterocycles. The van der Waals surface area contributed by atoms with Gasteiger partial charge in [0.15, 0.2) is 0 Å². The number of rotatable bonds is 0. The standard InChI is InChI=1S/C10H9NO/c1-7-8-5-3-4-6-9(8)12-10(7)11-2/h3-6H,1H2,2H3. The molecule has 0 saturated carbocycles. The highest BCUT2D eigenvalue weighted by Crippen LogP contribution is 2.32. The first-order valence-electron chi connectivity index (χ1n) is 3.76. The first kappa shape index (κ1) is 7.10. The van der Waals surface area contributed by atoms with Crippen molar-refractivity contribution in [1.82, 2.24) is 0 Å². The fraction of sp³-hybridized carbons (Fsp3) is 0.100. The Morgan fingerprint density at radius 1 is 1.33 bits per heavy atom. The molecule has 0 aromatic heterocycles. The average molecular weight is 159 g/mol. The van der Waals surface area contributed by atoms with Gasteiger partial charge in [-0.25, -0.2) is 0 Å². The molecule has 2 nitrogen and oxygen atoms in total. The minimum atomic E-state index is 0.621. The van der Waals surface area contributed by atoms with E-state index in [1.54, 1.807) is 7.05 Å². The van der Waals surface area contributed by atoms with Crippen LogP contribution < -0.4 is 4.74 Å². The van der Waals surface area contributed by atoms with Crippen molar-refractivity contribution in [1.29, 1.82) is 0 Å². The Kier molecular flexibility index (Phi) is 1.47. The lowest BCUT2D eigenvalue weighted by molar-refractivity contribution is 0.570. The van der Waals surface area contributed by atoms with Crippen LogP contribution in [0.5, 0.6) is 5.75 Å². The zero-order valence-electron chi connectivity index (χ0n) is 6.87. The van der Waals surface area contributed by atoms with Gasteiger partial charge < -0.3 is 4.74 Å². The highest BCUT2D eigenvalue weighted by atomic mass is 16.5. The third-order valence-corrected chi connectivity index (χ3v) is 1.88. The molecule has 60 valence electrons. The van der Waals surface area contributed by atoms with E-state index in [1.807, 2.05) is 24.3 Å². The number of para-hydroxylation sites is 1. The van der Waals surface area contributed by atoms with Crippen LogP contribution in [0.15, 0.2) is 35.8 Å². The lowest BCUT2D eigenvalue weighted by atomic mass is 10.1. The molecule has 0 spiro atoms. The van der Waals surface area contributed by atoms with E-state index in [4.69, 9.17) is 4.74 Å². The quantitative estimate of drug-likeness (QED) is 0.568. The van der Waals surface area contributed by atoms with Crippen molar-refractivity contribution in [2.24, 2.45) is 4.99 Å². The number of nitrogens with zero attached hydrogens (tertiary/aromatic N) is 1. The molecule has 1 aromatic carbocycles. The number of fused-ring (bicyclic) bond motifs is 1. The Morgan fingerprint density at radius 3 is 2.75 bits per heavy atom. The van der Waals surface area contributed by atoms with Gasteiger partial charge in [0.2, 0.25) is 5.90 Å². The van der Waals surface area contributed by atoms with E-state index in [0.717, 1.165) is 16.9 Å². The molecule has 0 saturated heterocycles. The van der Waals surface area contributed by atoms with Gasteiger partial charge in [-0.1, -0.05) is 24.8 Å². The van der Waals surface area contributed by atoms with Gasteiger partial charge in [0, 0.05) is 18.2 Å². The van der Waals surface area contributed by atoms with Crippen LogP contribution in [-0.4, -0.2) is 12.9 Å². The van der Waals surface area contributed by atoms with Crippen LogP contribution in [0.25, 0.3) is 5.57 Å². The third kappa shape index (κ3) is 0.848. The summed E-state index contributed by atoms with van der Waals surface area (Å²) in [5, 5.41) is 0. The third-order valence-electron chi connectivity index (χ3n) is 1.88. The summed E-state index contributed by atoms with van der Waals surface area (Å²) in [7, 11) is 1.70. The minimum Gasteiger partial charge on any atom is -0.438 e. The molecule has 12 heavy (non-hydrogen) atoms. The van der Waals surface area contributed by atoms with Crippen molar-refractivity contribution in [3.8, 4) is 5.75 Å². The summed E-state index contributed by atoms with van der Waals surface area (Å²) in [6, 6.07) is 7.80. The van der Waals surface area contributed by atoms with Crippen molar-refractivity contribution >= 4 is 11.5 Å². The van der Waals surface area contributed by atoms with Crippen molar-refractivity contribution in [2.75, 3.05) is 7.05 Å². The molecule has 0 radical (unpaired) electrons. The molecule has 0 fully saturated rings. The SMILES string of the molecule is C=C1C(=NC)Oc2ccccc21. The molecule has 1 aliphatic rings. The van der Waals surface area contributed by atoms with E-state index in [1.165, 1.54) is 0 Å². The monoisotopic (exact) mass is 159 g/mol. The molecule has 2 heteroatoms. The number of hydrogen-bond donors (Lipinski definition) is 0. The van der Waals surface area contributed by atoms with Crippen LogP contribution in [0.4, 0.5) is 0 Å². The fourth-order valence-electron chi connectivity index (χ4n) is 1.27. The first-order chi connectivity index (χ1) is 5.83. The number of aliphatic imine (C=N–C) groups is 1. The van der Waals surface area contributed by atoms with Crippen molar-refractivity contribution in [3.63, 3.8) is 0 Å². The topological polar surface area (TPSA) is 21.6 Å². The zero-order chi connectivity index (χ0) is 8.55. The lowest BCUT2D eigenvalue weighted by Crippen LogP contribution is -2.00. The van der Waals surface area contributed by atoms with Crippen LogP contribution in [-0.2, 0) is 0 Å². The molecule has 1 aliphatic heterocycles. The second-order valence-corrected chi connectivity index (χ2v) is 2.61. The van der Waals surface area contributed by atoms with Gasteiger partial charge in [0.05, 0.1) is 0 Å². The molecule has 0 amide bonds. The highest BCUT2D eigenvalue weighted by Gasteiger charge is 2.21. The van der Waals surface area contributed by atoms with Crippen LogP contribution in [0.1, 0.15) is 5.56 Å². The van der Waals surface area contributed by atoms with Crippen LogP contribution in [0, 0.1) is 0 Å². The van der Waals surface area contributed by atoms with E-state index in [0.29, 0.717) is 5.90 Å². The van der Waals surface area contributed by atoms with E-state index >= 15 is 0 Å². The summed E-state index contributed by atoms with van der Waals surface area (Å²) >= 11 is 0. The molecular formula is C10H9NO. The maximum atomic E-state index is 5.42. The molecular weight excluding hydrogens is 150 g/mol. The van der Waals surface area contributed by atoms with E-state index in [2.05, 4.69) is 11.6 Å². The van der Waals surface area contributed by atoms with Crippen LogP contribution in [0.3, 0.4) is 0 Å². The van der Waals surface area contributed by atoms with E-state index in [-0.39, 0.29) is 0 Å². The average Bonchev–Trinajstić information content (AvgIpc) is 2.44. The number of hydrogen-bond acceptors (Lipinski definition) is 2. The molecule has 0 atom stereocenters. The minimum absolute atomic E-state index is 0.621. The summed E-state index contributed by atoms with van der Waals surface area (Å²) in [6.45, 7) is 3.89. The number of ether oxygens (including phenoxy) is 1. The second kappa shape index (κ2) is 2.48. The summed E-state index contributed by atoms with van der Waals surface area (Å²) in [4.78, 5) is 3.98. The van der Waals surface area contributed by atoms with Crippen LogP contribution in [0.2, 0.25) is 0 Å². The summed E-state index contributed by atoms with van der Waals surface area (Å²) in [6.07, 6.45) is 0. The highest BCUT2D eigenvalue weighted by molar-refractivity contribution is 6.23. The maximum absolute atomic E-state index is 5.42. The first-order valence-corrected chi connectivity index (χ1v) is 3.76. The van der Waals surface area contributed by atoms with Crippen molar-refractivity contribution < 1.29 is 4.74 Å². The molecule has 0 bridgehead atoms.